The number of primary amides is 1. The van der Waals surface area contributed by atoms with Gasteiger partial charge in [0, 0.05) is 41.5 Å². The lowest BCUT2D eigenvalue weighted by atomic mass is 9.93. The number of hydrogen-bond donors (Lipinski definition) is 1. The number of rotatable bonds is 5. The molecular weight excluding hydrogens is 320 g/mol. The van der Waals surface area contributed by atoms with Crippen LogP contribution in [0.4, 0.5) is 5.69 Å². The lowest BCUT2D eigenvalue weighted by molar-refractivity contribution is 0.0992. The quantitative estimate of drug-likeness (QED) is 0.849. The fourth-order valence-corrected chi connectivity index (χ4v) is 4.63. The van der Waals surface area contributed by atoms with Crippen molar-refractivity contribution in [2.24, 2.45) is 5.73 Å². The first-order chi connectivity index (χ1) is 11.5. The number of carbonyl (C=O) groups is 2. The van der Waals surface area contributed by atoms with Crippen LogP contribution in [0.5, 0.6) is 0 Å². The maximum atomic E-state index is 12.6. The van der Waals surface area contributed by atoms with E-state index in [9.17, 15) is 9.59 Å². The largest absolute Gasteiger partial charge is 0.378 e. The second-order valence-electron chi connectivity index (χ2n) is 6.41. The van der Waals surface area contributed by atoms with Crippen molar-refractivity contribution in [1.29, 1.82) is 0 Å². The fourth-order valence-electron chi connectivity index (χ4n) is 3.23. The van der Waals surface area contributed by atoms with E-state index in [1.165, 1.54) is 4.88 Å². The molecule has 2 aromatic rings. The highest BCUT2D eigenvalue weighted by molar-refractivity contribution is 7.12. The lowest BCUT2D eigenvalue weighted by Gasteiger charge is -2.12. The zero-order valence-corrected chi connectivity index (χ0v) is 14.9. The number of hydrogen-bond acceptors (Lipinski definition) is 4. The Labute approximate surface area is 146 Å². The van der Waals surface area contributed by atoms with Gasteiger partial charge in [-0.25, -0.2) is 0 Å². The molecule has 1 aromatic carbocycles. The van der Waals surface area contributed by atoms with Crippen LogP contribution in [-0.2, 0) is 19.3 Å². The van der Waals surface area contributed by atoms with Crippen molar-refractivity contribution in [1.82, 2.24) is 0 Å². The third-order valence-corrected chi connectivity index (χ3v) is 5.81. The predicted molar refractivity (Wildman–Crippen MR) is 98.3 cm³/mol. The number of nitrogens with zero attached hydrogens (tertiary/aromatic N) is 1. The molecule has 126 valence electrons. The van der Waals surface area contributed by atoms with Crippen molar-refractivity contribution in [2.75, 3.05) is 19.0 Å². The lowest BCUT2D eigenvalue weighted by Crippen LogP contribution is -2.17. The number of amides is 1. The van der Waals surface area contributed by atoms with Gasteiger partial charge >= 0.3 is 0 Å². The number of fused-ring (bicyclic) bond motifs is 1. The highest BCUT2D eigenvalue weighted by Crippen LogP contribution is 2.35. The van der Waals surface area contributed by atoms with Crippen molar-refractivity contribution in [3.63, 3.8) is 0 Å². The van der Waals surface area contributed by atoms with Gasteiger partial charge in [-0.1, -0.05) is 0 Å². The molecule has 0 saturated heterocycles. The normalized spacial score (nSPS) is 13.4. The van der Waals surface area contributed by atoms with E-state index in [2.05, 4.69) is 0 Å². The highest BCUT2D eigenvalue weighted by Gasteiger charge is 2.25. The predicted octanol–water partition coefficient (Wildman–Crippen LogP) is 3.22. The Bertz CT molecular complexity index is 775. The number of carbonyl (C=O) groups excluding carboxylic acids is 2. The Morgan fingerprint density at radius 2 is 1.79 bits per heavy atom. The highest BCUT2D eigenvalue weighted by atomic mass is 32.1. The second kappa shape index (κ2) is 6.77. The maximum absolute atomic E-state index is 12.6. The fraction of sp³-hybridized carbons (Fsp3) is 0.368. The van der Waals surface area contributed by atoms with Crippen molar-refractivity contribution in [3.8, 4) is 0 Å². The molecule has 3 rings (SSSR count). The average molecular weight is 342 g/mol. The second-order valence-corrected chi connectivity index (χ2v) is 7.60. The molecular formula is C19H22N2O2S. The number of nitrogens with two attached hydrogens (primary N) is 1. The Morgan fingerprint density at radius 1 is 1.12 bits per heavy atom. The molecule has 1 aliphatic carbocycles. The molecule has 0 bridgehead atoms. The number of benzene rings is 1. The molecule has 5 heteroatoms. The summed E-state index contributed by atoms with van der Waals surface area (Å²) in [7, 11) is 3.93. The molecule has 0 saturated carbocycles. The SMILES string of the molecule is CN(C)c1ccc(C(=O)Cc2sc3c(c2C(N)=O)CCCC3)cc1. The molecule has 24 heavy (non-hydrogen) atoms. The Balaban J connectivity index is 1.86. The van der Waals surface area contributed by atoms with Crippen LogP contribution in [0.15, 0.2) is 24.3 Å². The summed E-state index contributed by atoms with van der Waals surface area (Å²) in [5, 5.41) is 0. The van der Waals surface area contributed by atoms with E-state index in [4.69, 9.17) is 5.73 Å². The van der Waals surface area contributed by atoms with E-state index in [-0.39, 0.29) is 12.2 Å². The van der Waals surface area contributed by atoms with Gasteiger partial charge in [0.25, 0.3) is 0 Å². The van der Waals surface area contributed by atoms with E-state index in [0.717, 1.165) is 41.8 Å². The van der Waals surface area contributed by atoms with Crippen molar-refractivity contribution in [2.45, 2.75) is 32.1 Å². The molecule has 0 spiro atoms. The van der Waals surface area contributed by atoms with Gasteiger partial charge in [-0.05, 0) is 55.5 Å². The first-order valence-electron chi connectivity index (χ1n) is 8.21. The van der Waals surface area contributed by atoms with Crippen LogP contribution >= 0.6 is 11.3 Å². The Kier molecular flexibility index (Phi) is 4.71. The molecule has 4 nitrogen and oxygen atoms in total. The van der Waals surface area contributed by atoms with Crippen LogP contribution < -0.4 is 10.6 Å². The first-order valence-corrected chi connectivity index (χ1v) is 9.03. The van der Waals surface area contributed by atoms with Crippen molar-refractivity contribution < 1.29 is 9.59 Å². The zero-order chi connectivity index (χ0) is 17.3. The van der Waals surface area contributed by atoms with E-state index < -0.39 is 5.91 Å². The summed E-state index contributed by atoms with van der Waals surface area (Å²) >= 11 is 1.59. The minimum Gasteiger partial charge on any atom is -0.378 e. The van der Waals surface area contributed by atoms with Gasteiger partial charge in [0.05, 0.1) is 5.56 Å². The number of ketones is 1. The number of aryl methyl sites for hydroxylation is 1. The van der Waals surface area contributed by atoms with Gasteiger partial charge < -0.3 is 10.6 Å². The van der Waals surface area contributed by atoms with Gasteiger partial charge in [0.1, 0.15) is 0 Å². The molecule has 0 fully saturated rings. The molecule has 0 aliphatic heterocycles. The van der Waals surface area contributed by atoms with Gasteiger partial charge in [-0.2, -0.15) is 0 Å². The van der Waals surface area contributed by atoms with Gasteiger partial charge in [0.15, 0.2) is 5.78 Å². The third kappa shape index (κ3) is 3.22. The van der Waals surface area contributed by atoms with Gasteiger partial charge in [0.2, 0.25) is 5.91 Å². The van der Waals surface area contributed by atoms with E-state index in [0.29, 0.717) is 11.1 Å². The van der Waals surface area contributed by atoms with E-state index >= 15 is 0 Å². The maximum Gasteiger partial charge on any atom is 0.250 e. The average Bonchev–Trinajstić information content (AvgIpc) is 2.92. The van der Waals surface area contributed by atoms with Crippen LogP contribution in [0.1, 0.15) is 48.9 Å². The first kappa shape index (κ1) is 16.7. The molecule has 1 amide bonds. The molecule has 2 N–H and O–H groups in total. The molecule has 1 aliphatic rings. The number of Topliss-reactive ketones (excluding diaryl/α,β-unsaturated/α-hetero) is 1. The zero-order valence-electron chi connectivity index (χ0n) is 14.1. The summed E-state index contributed by atoms with van der Waals surface area (Å²) in [5.41, 5.74) is 9.01. The molecule has 1 aromatic heterocycles. The van der Waals surface area contributed by atoms with Crippen LogP contribution in [0.2, 0.25) is 0 Å². The standard InChI is InChI=1S/C19H22N2O2S/c1-21(2)13-9-7-12(8-10-13)15(22)11-17-18(19(20)23)14-5-3-4-6-16(14)24-17/h7-10H,3-6,11H2,1-2H3,(H2,20,23). The van der Waals surface area contributed by atoms with E-state index in [1.54, 1.807) is 11.3 Å². The smallest absolute Gasteiger partial charge is 0.250 e. The summed E-state index contributed by atoms with van der Waals surface area (Å²) in [6.07, 6.45) is 4.37. The summed E-state index contributed by atoms with van der Waals surface area (Å²) in [6.45, 7) is 0. The summed E-state index contributed by atoms with van der Waals surface area (Å²) < 4.78 is 0. The molecule has 0 radical (unpaired) electrons. The van der Waals surface area contributed by atoms with Crippen molar-refractivity contribution >= 4 is 28.7 Å². The number of thiophene rings is 1. The minimum absolute atomic E-state index is 0.0291. The van der Waals surface area contributed by atoms with Gasteiger partial charge in [-0.3, -0.25) is 9.59 Å². The Hall–Kier alpha value is -2.14. The van der Waals surface area contributed by atoms with Crippen LogP contribution in [0, 0.1) is 0 Å². The van der Waals surface area contributed by atoms with Crippen LogP contribution in [-0.4, -0.2) is 25.8 Å². The summed E-state index contributed by atoms with van der Waals surface area (Å²) in [5.74, 6) is -0.374. The minimum atomic E-state index is -0.403. The van der Waals surface area contributed by atoms with Gasteiger partial charge in [-0.15, -0.1) is 11.3 Å². The summed E-state index contributed by atoms with van der Waals surface area (Å²) in [4.78, 5) is 28.6. The molecule has 0 atom stereocenters. The van der Waals surface area contributed by atoms with Crippen LogP contribution in [0.3, 0.4) is 0 Å². The summed E-state index contributed by atoms with van der Waals surface area (Å²) in [6, 6.07) is 7.55. The number of anilines is 1. The third-order valence-electron chi connectivity index (χ3n) is 4.52. The van der Waals surface area contributed by atoms with E-state index in [1.807, 2.05) is 43.3 Å². The van der Waals surface area contributed by atoms with Crippen molar-refractivity contribution in [3.05, 3.63) is 50.7 Å². The topological polar surface area (TPSA) is 63.4 Å². The Morgan fingerprint density at radius 3 is 2.42 bits per heavy atom. The molecule has 0 unspecified atom stereocenters. The monoisotopic (exact) mass is 342 g/mol. The van der Waals surface area contributed by atoms with Crippen LogP contribution in [0.25, 0.3) is 0 Å². The molecule has 1 heterocycles.